The lowest BCUT2D eigenvalue weighted by atomic mass is 10.1. The molecule has 1 aliphatic carbocycles. The van der Waals surface area contributed by atoms with Gasteiger partial charge in [-0.1, -0.05) is 49.6 Å². The molecule has 9 nitrogen and oxygen atoms in total. The van der Waals surface area contributed by atoms with Crippen molar-refractivity contribution < 1.29 is 27.5 Å². The van der Waals surface area contributed by atoms with Gasteiger partial charge in [-0.25, -0.2) is 8.42 Å². The molecular formula is C29H39N3O6S. The number of amides is 2. The van der Waals surface area contributed by atoms with Gasteiger partial charge in [0, 0.05) is 31.6 Å². The number of nitrogens with zero attached hydrogens (tertiary/aromatic N) is 2. The van der Waals surface area contributed by atoms with Crippen molar-refractivity contribution in [1.82, 2.24) is 10.2 Å². The van der Waals surface area contributed by atoms with E-state index in [9.17, 15) is 18.0 Å². The second-order valence-corrected chi connectivity index (χ2v) is 12.3. The largest absolute Gasteiger partial charge is 0.454 e. The van der Waals surface area contributed by atoms with E-state index in [2.05, 4.69) is 5.32 Å². The van der Waals surface area contributed by atoms with Gasteiger partial charge >= 0.3 is 0 Å². The first kappa shape index (κ1) is 28.7. The van der Waals surface area contributed by atoms with Gasteiger partial charge in [-0.2, -0.15) is 0 Å². The van der Waals surface area contributed by atoms with Crippen LogP contribution in [0.15, 0.2) is 42.5 Å². The van der Waals surface area contributed by atoms with Crippen LogP contribution in [0.4, 0.5) is 5.69 Å². The number of hydrogen-bond donors (Lipinski definition) is 1. The number of hydrogen-bond acceptors (Lipinski definition) is 6. The highest BCUT2D eigenvalue weighted by atomic mass is 32.2. The van der Waals surface area contributed by atoms with E-state index in [1.807, 2.05) is 38.1 Å². The third kappa shape index (κ3) is 7.44. The Balaban J connectivity index is 1.47. The zero-order valence-corrected chi connectivity index (χ0v) is 23.8. The maximum Gasteiger partial charge on any atom is 0.243 e. The Bertz CT molecular complexity index is 1260. The zero-order valence-electron chi connectivity index (χ0n) is 23.0. The molecule has 10 heteroatoms. The lowest BCUT2D eigenvalue weighted by molar-refractivity contribution is -0.141. The van der Waals surface area contributed by atoms with E-state index in [0.29, 0.717) is 36.6 Å². The van der Waals surface area contributed by atoms with Crippen molar-refractivity contribution in [2.45, 2.75) is 77.4 Å². The molecule has 0 bridgehead atoms. The number of benzene rings is 2. The summed E-state index contributed by atoms with van der Waals surface area (Å²) in [5, 5.41) is 3.15. The van der Waals surface area contributed by atoms with E-state index < -0.39 is 16.1 Å². The Kier molecular flexibility index (Phi) is 9.37. The first-order chi connectivity index (χ1) is 18.7. The van der Waals surface area contributed by atoms with Crippen molar-refractivity contribution in [1.29, 1.82) is 0 Å². The van der Waals surface area contributed by atoms with Crippen molar-refractivity contribution >= 4 is 27.5 Å². The number of anilines is 1. The van der Waals surface area contributed by atoms with Crippen LogP contribution in [0.25, 0.3) is 0 Å². The molecule has 0 aromatic heterocycles. The maximum absolute atomic E-state index is 13.6. The molecule has 2 aromatic rings. The highest BCUT2D eigenvalue weighted by Gasteiger charge is 2.31. The molecule has 0 radical (unpaired) electrons. The van der Waals surface area contributed by atoms with Gasteiger partial charge < -0.3 is 19.7 Å². The van der Waals surface area contributed by atoms with Gasteiger partial charge in [0.15, 0.2) is 11.5 Å². The second-order valence-electron chi connectivity index (χ2n) is 10.4. The fourth-order valence-corrected chi connectivity index (χ4v) is 6.18. The molecule has 1 atom stereocenters. The summed E-state index contributed by atoms with van der Waals surface area (Å²) >= 11 is 0. The van der Waals surface area contributed by atoms with Crippen LogP contribution in [-0.2, 0) is 26.2 Å². The molecule has 2 aromatic carbocycles. The predicted octanol–water partition coefficient (Wildman–Crippen LogP) is 4.14. The van der Waals surface area contributed by atoms with Gasteiger partial charge in [-0.3, -0.25) is 13.9 Å². The van der Waals surface area contributed by atoms with Gasteiger partial charge in [0.2, 0.25) is 28.6 Å². The molecule has 2 amide bonds. The van der Waals surface area contributed by atoms with Gasteiger partial charge in [0.25, 0.3) is 0 Å². The molecule has 4 rings (SSSR count). The average molecular weight is 558 g/mol. The van der Waals surface area contributed by atoms with E-state index in [-0.39, 0.29) is 37.6 Å². The van der Waals surface area contributed by atoms with Crippen LogP contribution in [0.5, 0.6) is 11.5 Å². The quantitative estimate of drug-likeness (QED) is 0.421. The van der Waals surface area contributed by atoms with Crippen molar-refractivity contribution in [2.24, 2.45) is 0 Å². The lowest BCUT2D eigenvalue weighted by Gasteiger charge is -2.32. The lowest BCUT2D eigenvalue weighted by Crippen LogP contribution is -2.51. The monoisotopic (exact) mass is 557 g/mol. The molecule has 39 heavy (non-hydrogen) atoms. The first-order valence-electron chi connectivity index (χ1n) is 13.7. The second kappa shape index (κ2) is 12.7. The predicted molar refractivity (Wildman–Crippen MR) is 150 cm³/mol. The summed E-state index contributed by atoms with van der Waals surface area (Å²) in [4.78, 5) is 28.6. The van der Waals surface area contributed by atoms with Crippen LogP contribution >= 0.6 is 0 Å². The molecule has 212 valence electrons. The summed E-state index contributed by atoms with van der Waals surface area (Å²) in [5.74, 6) is 0.752. The fourth-order valence-electron chi connectivity index (χ4n) is 5.22. The Morgan fingerprint density at radius 3 is 2.41 bits per heavy atom. The number of sulfonamides is 1. The molecule has 0 unspecified atom stereocenters. The Morgan fingerprint density at radius 2 is 1.74 bits per heavy atom. The highest BCUT2D eigenvalue weighted by Crippen LogP contribution is 2.36. The molecule has 0 saturated heterocycles. The summed E-state index contributed by atoms with van der Waals surface area (Å²) in [7, 11) is -3.61. The summed E-state index contributed by atoms with van der Waals surface area (Å²) < 4.78 is 37.3. The number of nitrogens with one attached hydrogen (secondary N) is 1. The summed E-state index contributed by atoms with van der Waals surface area (Å²) in [6.07, 6.45) is 6.18. The van der Waals surface area contributed by atoms with Gasteiger partial charge in [0.05, 0.1) is 11.9 Å². The zero-order chi connectivity index (χ0) is 28.0. The normalized spacial score (nSPS) is 15.7. The highest BCUT2D eigenvalue weighted by molar-refractivity contribution is 7.92. The van der Waals surface area contributed by atoms with E-state index in [1.165, 1.54) is 4.31 Å². The Morgan fingerprint density at radius 1 is 1.05 bits per heavy atom. The minimum Gasteiger partial charge on any atom is -0.454 e. The number of aryl methyl sites for hydroxylation is 1. The molecule has 1 N–H and O–H groups in total. The molecule has 1 fully saturated rings. The third-order valence-corrected chi connectivity index (χ3v) is 8.55. The van der Waals surface area contributed by atoms with E-state index in [1.54, 1.807) is 23.1 Å². The van der Waals surface area contributed by atoms with Gasteiger partial charge in [-0.05, 0) is 50.3 Å². The van der Waals surface area contributed by atoms with Crippen LogP contribution in [0.1, 0.15) is 63.0 Å². The van der Waals surface area contributed by atoms with E-state index in [4.69, 9.17) is 9.47 Å². The standard InChI is InChI=1S/C29H39N3O6S/c1-4-25(29(34)30-23-8-5-6-9-23)31(19-22-13-11-21(2)12-14-22)28(33)10-7-17-32(39(3,35)36)24-15-16-26-27(18-24)38-20-37-26/h11-16,18,23,25H,4-10,17,19-20H2,1-3H3,(H,30,34)/t25-/m0/s1. The van der Waals surface area contributed by atoms with E-state index >= 15 is 0 Å². The smallest absolute Gasteiger partial charge is 0.243 e. The van der Waals surface area contributed by atoms with Crippen LogP contribution in [-0.4, -0.2) is 56.8 Å². The van der Waals surface area contributed by atoms with Crippen LogP contribution in [0.2, 0.25) is 0 Å². The maximum atomic E-state index is 13.6. The van der Waals surface area contributed by atoms with Crippen molar-refractivity contribution in [2.75, 3.05) is 23.9 Å². The van der Waals surface area contributed by atoms with Gasteiger partial charge in [-0.15, -0.1) is 0 Å². The van der Waals surface area contributed by atoms with Crippen LogP contribution < -0.4 is 19.1 Å². The number of fused-ring (bicyclic) bond motifs is 1. The molecule has 0 spiro atoms. The third-order valence-electron chi connectivity index (χ3n) is 7.36. The summed E-state index contributed by atoms with van der Waals surface area (Å²) in [5.41, 5.74) is 2.51. The van der Waals surface area contributed by atoms with Crippen LogP contribution in [0, 0.1) is 6.92 Å². The first-order valence-corrected chi connectivity index (χ1v) is 15.5. The van der Waals surface area contributed by atoms with Crippen molar-refractivity contribution in [3.05, 3.63) is 53.6 Å². The van der Waals surface area contributed by atoms with Crippen LogP contribution in [0.3, 0.4) is 0 Å². The molecule has 1 aliphatic heterocycles. The minimum absolute atomic E-state index is 0.0932. The minimum atomic E-state index is -3.61. The summed E-state index contributed by atoms with van der Waals surface area (Å²) in [6, 6.07) is 12.5. The number of carbonyl (C=O) groups is 2. The fraction of sp³-hybridized carbons (Fsp3) is 0.517. The SMILES string of the molecule is CC[C@@H](C(=O)NC1CCCC1)N(Cc1ccc(C)cc1)C(=O)CCCN(c1ccc2c(c1)OCO2)S(C)(=O)=O. The molecule has 1 heterocycles. The topological polar surface area (TPSA) is 105 Å². The van der Waals surface area contributed by atoms with Crippen molar-refractivity contribution in [3.63, 3.8) is 0 Å². The Hall–Kier alpha value is -3.27. The molecular weight excluding hydrogens is 518 g/mol. The average Bonchev–Trinajstić information content (AvgIpc) is 3.58. The Labute approximate surface area is 231 Å². The number of carbonyl (C=O) groups excluding carboxylic acids is 2. The van der Waals surface area contributed by atoms with Gasteiger partial charge in [0.1, 0.15) is 6.04 Å². The number of ether oxygens (including phenoxy) is 2. The molecule has 1 saturated carbocycles. The number of rotatable bonds is 12. The summed E-state index contributed by atoms with van der Waals surface area (Å²) in [6.45, 7) is 4.45. The van der Waals surface area contributed by atoms with Crippen molar-refractivity contribution in [3.8, 4) is 11.5 Å². The van der Waals surface area contributed by atoms with E-state index in [0.717, 1.165) is 43.1 Å². The molecule has 2 aliphatic rings.